The highest BCUT2D eigenvalue weighted by Gasteiger charge is 2.47. The summed E-state index contributed by atoms with van der Waals surface area (Å²) in [5.74, 6) is 1.24. The standard InChI is InChI=1S/C8H16N2/c1-8(2,3)6-7(9-4)10(6)5/h6H,1-5H3/t6-,10?/m1/s1. The maximum absolute atomic E-state index is 4.17. The third-order valence-corrected chi connectivity index (χ3v) is 1.97. The Morgan fingerprint density at radius 1 is 1.40 bits per heavy atom. The van der Waals surface area contributed by atoms with E-state index in [0.29, 0.717) is 11.5 Å². The van der Waals surface area contributed by atoms with Gasteiger partial charge in [0, 0.05) is 14.1 Å². The van der Waals surface area contributed by atoms with Gasteiger partial charge in [0.2, 0.25) is 0 Å². The van der Waals surface area contributed by atoms with Crippen LogP contribution in [0.1, 0.15) is 20.8 Å². The second-order valence-corrected chi connectivity index (χ2v) is 3.96. The SMILES string of the molecule is CN=C1[C@H](C(C)(C)C)N1C. The molecule has 1 heterocycles. The summed E-state index contributed by atoms with van der Waals surface area (Å²) >= 11 is 0. The summed E-state index contributed by atoms with van der Waals surface area (Å²) in [5.41, 5.74) is 0.351. The molecule has 0 bridgehead atoms. The van der Waals surface area contributed by atoms with E-state index < -0.39 is 0 Å². The third-order valence-electron chi connectivity index (χ3n) is 1.97. The molecule has 0 aliphatic carbocycles. The molecule has 0 aromatic heterocycles. The lowest BCUT2D eigenvalue weighted by molar-refractivity contribution is 0.351. The molecule has 1 saturated heterocycles. The van der Waals surface area contributed by atoms with Gasteiger partial charge in [0.1, 0.15) is 5.84 Å². The van der Waals surface area contributed by atoms with Crippen molar-refractivity contribution in [3.05, 3.63) is 0 Å². The van der Waals surface area contributed by atoms with Crippen LogP contribution in [0, 0.1) is 5.41 Å². The highest BCUT2D eigenvalue weighted by molar-refractivity contribution is 6.02. The van der Waals surface area contributed by atoms with Gasteiger partial charge in [-0.2, -0.15) is 0 Å². The molecule has 0 saturated carbocycles. The lowest BCUT2D eigenvalue weighted by atomic mass is 9.92. The first-order valence-electron chi connectivity index (χ1n) is 3.68. The van der Waals surface area contributed by atoms with E-state index in [2.05, 4.69) is 37.7 Å². The Morgan fingerprint density at radius 3 is 2.00 bits per heavy atom. The van der Waals surface area contributed by atoms with Crippen LogP contribution >= 0.6 is 0 Å². The van der Waals surface area contributed by atoms with Gasteiger partial charge in [-0.3, -0.25) is 4.99 Å². The summed E-state index contributed by atoms with van der Waals surface area (Å²) < 4.78 is 0. The smallest absolute Gasteiger partial charge is 0.123 e. The van der Waals surface area contributed by atoms with Crippen molar-refractivity contribution in [3.8, 4) is 0 Å². The fourth-order valence-electron chi connectivity index (χ4n) is 1.52. The van der Waals surface area contributed by atoms with Crippen molar-refractivity contribution in [2.45, 2.75) is 26.8 Å². The minimum absolute atomic E-state index is 0.351. The number of amidine groups is 1. The lowest BCUT2D eigenvalue weighted by Gasteiger charge is -2.14. The highest BCUT2D eigenvalue weighted by atomic mass is 15.4. The van der Waals surface area contributed by atoms with E-state index >= 15 is 0 Å². The molecule has 0 amide bonds. The summed E-state index contributed by atoms with van der Waals surface area (Å²) in [7, 11) is 3.95. The van der Waals surface area contributed by atoms with Crippen molar-refractivity contribution < 1.29 is 0 Å². The van der Waals surface area contributed by atoms with Gasteiger partial charge in [0.05, 0.1) is 6.04 Å². The maximum Gasteiger partial charge on any atom is 0.123 e. The first-order chi connectivity index (χ1) is 4.48. The topological polar surface area (TPSA) is 15.4 Å². The van der Waals surface area contributed by atoms with Crippen molar-refractivity contribution in [2.24, 2.45) is 10.4 Å². The lowest BCUT2D eigenvalue weighted by Crippen LogP contribution is -2.17. The molecule has 1 atom stereocenters. The zero-order valence-corrected chi connectivity index (χ0v) is 7.47. The normalized spacial score (nSPS) is 29.5. The van der Waals surface area contributed by atoms with E-state index in [9.17, 15) is 0 Å². The second-order valence-electron chi connectivity index (χ2n) is 3.96. The number of hydrogen-bond acceptors (Lipinski definition) is 1. The van der Waals surface area contributed by atoms with Crippen molar-refractivity contribution in [1.82, 2.24) is 4.90 Å². The Kier molecular flexibility index (Phi) is 1.50. The Labute approximate surface area is 62.9 Å². The van der Waals surface area contributed by atoms with Gasteiger partial charge in [-0.1, -0.05) is 20.8 Å². The Morgan fingerprint density at radius 2 is 1.90 bits per heavy atom. The molecule has 1 rings (SSSR count). The van der Waals surface area contributed by atoms with Crippen LogP contribution < -0.4 is 0 Å². The number of likely N-dealkylation sites (N-methyl/N-ethyl adjacent to an activating group) is 1. The molecule has 10 heavy (non-hydrogen) atoms. The van der Waals surface area contributed by atoms with E-state index in [4.69, 9.17) is 0 Å². The number of aliphatic imine (C=N–C) groups is 1. The molecule has 1 fully saturated rings. The van der Waals surface area contributed by atoms with Crippen molar-refractivity contribution in [3.63, 3.8) is 0 Å². The van der Waals surface area contributed by atoms with Crippen molar-refractivity contribution in [2.75, 3.05) is 14.1 Å². The zero-order chi connectivity index (χ0) is 7.94. The van der Waals surface area contributed by atoms with Crippen LogP contribution in [0.25, 0.3) is 0 Å². The summed E-state index contributed by atoms with van der Waals surface area (Å²) in [4.78, 5) is 6.39. The van der Waals surface area contributed by atoms with E-state index in [0.717, 1.165) is 0 Å². The molecule has 2 heteroatoms. The summed E-state index contributed by atoms with van der Waals surface area (Å²) in [5, 5.41) is 0. The molecule has 0 spiro atoms. The van der Waals surface area contributed by atoms with Crippen molar-refractivity contribution in [1.29, 1.82) is 0 Å². The predicted molar refractivity (Wildman–Crippen MR) is 44.4 cm³/mol. The molecule has 0 unspecified atom stereocenters. The largest absolute Gasteiger partial charge is 0.351 e. The molecular weight excluding hydrogens is 124 g/mol. The van der Waals surface area contributed by atoms with Gasteiger partial charge in [0.25, 0.3) is 0 Å². The number of rotatable bonds is 0. The van der Waals surface area contributed by atoms with Crippen LogP contribution in [0.3, 0.4) is 0 Å². The average Bonchev–Trinajstić information content (AvgIpc) is 2.39. The Bertz CT molecular complexity index is 165. The van der Waals surface area contributed by atoms with Gasteiger partial charge in [-0.25, -0.2) is 0 Å². The molecule has 0 aromatic rings. The van der Waals surface area contributed by atoms with Gasteiger partial charge in [-0.15, -0.1) is 0 Å². The van der Waals surface area contributed by atoms with Crippen LogP contribution in [0.5, 0.6) is 0 Å². The third kappa shape index (κ3) is 1.02. The van der Waals surface area contributed by atoms with Crippen LogP contribution in [0.15, 0.2) is 4.99 Å². The van der Waals surface area contributed by atoms with Gasteiger partial charge in [0.15, 0.2) is 0 Å². The molecule has 1 aliphatic heterocycles. The number of nitrogens with zero attached hydrogens (tertiary/aromatic N) is 2. The first kappa shape index (κ1) is 7.58. The Hall–Kier alpha value is -0.530. The fraction of sp³-hybridized carbons (Fsp3) is 0.875. The minimum atomic E-state index is 0.351. The maximum atomic E-state index is 4.17. The van der Waals surface area contributed by atoms with E-state index in [1.165, 1.54) is 5.84 Å². The van der Waals surface area contributed by atoms with Crippen LogP contribution in [-0.4, -0.2) is 30.9 Å². The van der Waals surface area contributed by atoms with Gasteiger partial charge < -0.3 is 4.90 Å². The second kappa shape index (κ2) is 1.97. The summed E-state index contributed by atoms with van der Waals surface area (Å²) in [6.45, 7) is 6.73. The number of hydrogen-bond donors (Lipinski definition) is 0. The van der Waals surface area contributed by atoms with E-state index in [-0.39, 0.29) is 0 Å². The van der Waals surface area contributed by atoms with Crippen LogP contribution in [-0.2, 0) is 0 Å². The predicted octanol–water partition coefficient (Wildman–Crippen LogP) is 1.37. The fourth-order valence-corrected chi connectivity index (χ4v) is 1.52. The van der Waals surface area contributed by atoms with E-state index in [1.807, 2.05) is 7.05 Å². The highest BCUT2D eigenvalue weighted by Crippen LogP contribution is 2.35. The summed E-state index contributed by atoms with van der Waals surface area (Å²) in [6, 6.07) is 0.581. The zero-order valence-electron chi connectivity index (χ0n) is 7.47. The monoisotopic (exact) mass is 140 g/mol. The minimum Gasteiger partial charge on any atom is -0.351 e. The molecule has 0 radical (unpaired) electrons. The molecule has 58 valence electrons. The quantitative estimate of drug-likeness (QED) is 0.464. The molecular formula is C8H16N2. The molecule has 0 N–H and O–H groups in total. The molecule has 2 nitrogen and oxygen atoms in total. The van der Waals surface area contributed by atoms with Gasteiger partial charge in [-0.05, 0) is 5.41 Å². The van der Waals surface area contributed by atoms with Crippen molar-refractivity contribution >= 4 is 5.84 Å². The van der Waals surface area contributed by atoms with E-state index in [1.54, 1.807) is 0 Å². The first-order valence-corrected chi connectivity index (χ1v) is 3.68. The molecule has 0 aromatic carbocycles. The molecule has 1 aliphatic rings. The average molecular weight is 140 g/mol. The van der Waals surface area contributed by atoms with Gasteiger partial charge >= 0.3 is 0 Å². The Balaban J connectivity index is 2.66. The van der Waals surface area contributed by atoms with Crippen LogP contribution in [0.2, 0.25) is 0 Å². The summed E-state index contributed by atoms with van der Waals surface area (Å²) in [6.07, 6.45) is 0. The van der Waals surface area contributed by atoms with Crippen LogP contribution in [0.4, 0.5) is 0 Å².